The van der Waals surface area contributed by atoms with Gasteiger partial charge in [-0.15, -0.1) is 11.3 Å². The van der Waals surface area contributed by atoms with Crippen molar-refractivity contribution in [3.8, 4) is 11.3 Å². The van der Waals surface area contributed by atoms with Crippen LogP contribution in [0.3, 0.4) is 0 Å². The molecule has 1 heterocycles. The SMILES string of the molecule is CCOC(=O)Cc1nc(-c2cccc(Cl)c2)cs1. The van der Waals surface area contributed by atoms with Gasteiger partial charge in [-0.3, -0.25) is 4.79 Å². The van der Waals surface area contributed by atoms with Gasteiger partial charge in [0.05, 0.1) is 18.7 Å². The predicted octanol–water partition coefficient (Wildman–Crippen LogP) is 3.57. The van der Waals surface area contributed by atoms with E-state index in [1.54, 1.807) is 6.92 Å². The second-order valence-corrected chi connectivity index (χ2v) is 5.00. The van der Waals surface area contributed by atoms with Crippen molar-refractivity contribution in [1.29, 1.82) is 0 Å². The molecule has 1 aromatic heterocycles. The van der Waals surface area contributed by atoms with Crippen LogP contribution in [0.5, 0.6) is 0 Å². The Hall–Kier alpha value is -1.39. The average Bonchev–Trinajstić information content (AvgIpc) is 2.78. The van der Waals surface area contributed by atoms with E-state index in [2.05, 4.69) is 4.98 Å². The lowest BCUT2D eigenvalue weighted by Crippen LogP contribution is -2.07. The van der Waals surface area contributed by atoms with Gasteiger partial charge < -0.3 is 4.74 Å². The van der Waals surface area contributed by atoms with E-state index in [1.807, 2.05) is 29.6 Å². The van der Waals surface area contributed by atoms with Crippen LogP contribution in [-0.2, 0) is 16.0 Å². The largest absolute Gasteiger partial charge is 0.466 e. The van der Waals surface area contributed by atoms with Crippen LogP contribution in [0, 0.1) is 0 Å². The number of ether oxygens (including phenoxy) is 1. The van der Waals surface area contributed by atoms with Crippen LogP contribution in [0.25, 0.3) is 11.3 Å². The third-order valence-electron chi connectivity index (χ3n) is 2.27. The fourth-order valence-corrected chi connectivity index (χ4v) is 2.49. The molecule has 0 unspecified atom stereocenters. The van der Waals surface area contributed by atoms with Crippen LogP contribution in [0.15, 0.2) is 29.6 Å². The second-order valence-electron chi connectivity index (χ2n) is 3.62. The number of hydrogen-bond acceptors (Lipinski definition) is 4. The van der Waals surface area contributed by atoms with Crippen molar-refractivity contribution in [2.24, 2.45) is 0 Å². The molecule has 0 saturated heterocycles. The summed E-state index contributed by atoms with van der Waals surface area (Å²) in [5.74, 6) is -0.246. The highest BCUT2D eigenvalue weighted by Crippen LogP contribution is 2.24. The molecule has 0 amide bonds. The number of esters is 1. The number of thiazole rings is 1. The van der Waals surface area contributed by atoms with Crippen molar-refractivity contribution < 1.29 is 9.53 Å². The Bertz CT molecular complexity index is 553. The Labute approximate surface area is 114 Å². The summed E-state index contributed by atoms with van der Waals surface area (Å²) >= 11 is 7.38. The topological polar surface area (TPSA) is 39.2 Å². The zero-order valence-corrected chi connectivity index (χ0v) is 11.4. The quantitative estimate of drug-likeness (QED) is 0.804. The molecule has 2 rings (SSSR count). The van der Waals surface area contributed by atoms with Crippen LogP contribution in [-0.4, -0.2) is 17.6 Å². The second kappa shape index (κ2) is 5.98. The van der Waals surface area contributed by atoms with Crippen LogP contribution in [0.4, 0.5) is 0 Å². The summed E-state index contributed by atoms with van der Waals surface area (Å²) in [5, 5.41) is 3.34. The first-order valence-corrected chi connectivity index (χ1v) is 6.80. The summed E-state index contributed by atoms with van der Waals surface area (Å²) in [5.41, 5.74) is 1.79. The van der Waals surface area contributed by atoms with E-state index < -0.39 is 0 Å². The van der Waals surface area contributed by atoms with Crippen molar-refractivity contribution in [2.75, 3.05) is 6.61 Å². The Morgan fingerprint density at radius 1 is 1.50 bits per heavy atom. The molecule has 0 aliphatic heterocycles. The third kappa shape index (κ3) is 3.31. The number of hydrogen-bond donors (Lipinski definition) is 0. The first-order valence-electron chi connectivity index (χ1n) is 5.55. The van der Waals surface area contributed by atoms with E-state index >= 15 is 0 Å². The van der Waals surface area contributed by atoms with Crippen LogP contribution in [0.2, 0.25) is 5.02 Å². The van der Waals surface area contributed by atoms with Gasteiger partial charge in [0.15, 0.2) is 0 Å². The normalized spacial score (nSPS) is 10.3. The molecular weight excluding hydrogens is 270 g/mol. The smallest absolute Gasteiger partial charge is 0.312 e. The summed E-state index contributed by atoms with van der Waals surface area (Å²) in [7, 11) is 0. The summed E-state index contributed by atoms with van der Waals surface area (Å²) in [6.07, 6.45) is 0.221. The summed E-state index contributed by atoms with van der Waals surface area (Å²) in [4.78, 5) is 15.7. The summed E-state index contributed by atoms with van der Waals surface area (Å²) in [6.45, 7) is 2.18. The predicted molar refractivity (Wildman–Crippen MR) is 72.9 cm³/mol. The van der Waals surface area contributed by atoms with Crippen LogP contribution in [0.1, 0.15) is 11.9 Å². The third-order valence-corrected chi connectivity index (χ3v) is 3.36. The van der Waals surface area contributed by atoms with Crippen LogP contribution >= 0.6 is 22.9 Å². The van der Waals surface area contributed by atoms with E-state index in [9.17, 15) is 4.79 Å². The molecule has 0 atom stereocenters. The number of benzene rings is 1. The molecule has 1 aromatic carbocycles. The maximum atomic E-state index is 11.3. The van der Waals surface area contributed by atoms with Crippen molar-refractivity contribution in [1.82, 2.24) is 4.98 Å². The Balaban J connectivity index is 2.13. The first-order chi connectivity index (χ1) is 8.69. The molecule has 0 fully saturated rings. The lowest BCUT2D eigenvalue weighted by molar-refractivity contribution is -0.142. The van der Waals surface area contributed by atoms with Crippen LogP contribution < -0.4 is 0 Å². The molecule has 0 saturated carbocycles. The fourth-order valence-electron chi connectivity index (χ4n) is 1.51. The molecular formula is C13H12ClNO2S. The monoisotopic (exact) mass is 281 g/mol. The van der Waals surface area contributed by atoms with E-state index in [4.69, 9.17) is 16.3 Å². The minimum absolute atomic E-state index is 0.221. The molecule has 2 aromatic rings. The van der Waals surface area contributed by atoms with Crippen molar-refractivity contribution in [3.63, 3.8) is 0 Å². The maximum absolute atomic E-state index is 11.3. The number of carbonyl (C=O) groups excluding carboxylic acids is 1. The fraction of sp³-hybridized carbons (Fsp3) is 0.231. The Kier molecular flexibility index (Phi) is 4.33. The van der Waals surface area contributed by atoms with Gasteiger partial charge >= 0.3 is 5.97 Å². The molecule has 5 heteroatoms. The first kappa shape index (κ1) is 13.1. The molecule has 94 valence electrons. The van der Waals surface area contributed by atoms with Gasteiger partial charge in [-0.1, -0.05) is 23.7 Å². The number of rotatable bonds is 4. The molecule has 0 radical (unpaired) electrons. The molecule has 0 aliphatic rings. The molecule has 0 N–H and O–H groups in total. The maximum Gasteiger partial charge on any atom is 0.312 e. The summed E-state index contributed by atoms with van der Waals surface area (Å²) < 4.78 is 4.89. The van der Waals surface area contributed by atoms with Crippen molar-refractivity contribution in [2.45, 2.75) is 13.3 Å². The average molecular weight is 282 g/mol. The number of carbonyl (C=O) groups is 1. The molecule has 0 bridgehead atoms. The van der Waals surface area contributed by atoms with E-state index in [1.165, 1.54) is 11.3 Å². The lowest BCUT2D eigenvalue weighted by atomic mass is 10.2. The minimum atomic E-state index is -0.246. The zero-order chi connectivity index (χ0) is 13.0. The lowest BCUT2D eigenvalue weighted by Gasteiger charge is -1.98. The molecule has 3 nitrogen and oxygen atoms in total. The highest BCUT2D eigenvalue weighted by atomic mass is 35.5. The standard InChI is InChI=1S/C13H12ClNO2S/c1-2-17-13(16)7-12-15-11(8-18-12)9-4-3-5-10(14)6-9/h3-6,8H,2,7H2,1H3. The number of nitrogens with zero attached hydrogens (tertiary/aromatic N) is 1. The van der Waals surface area contributed by atoms with Gasteiger partial charge in [0.1, 0.15) is 5.01 Å². The van der Waals surface area contributed by atoms with Gasteiger partial charge in [0.25, 0.3) is 0 Å². The minimum Gasteiger partial charge on any atom is -0.466 e. The number of aromatic nitrogens is 1. The Morgan fingerprint density at radius 2 is 2.33 bits per heavy atom. The molecule has 0 aliphatic carbocycles. The highest BCUT2D eigenvalue weighted by Gasteiger charge is 2.09. The van der Waals surface area contributed by atoms with E-state index in [-0.39, 0.29) is 12.4 Å². The van der Waals surface area contributed by atoms with Gasteiger partial charge in [0, 0.05) is 16.0 Å². The van der Waals surface area contributed by atoms with E-state index in [0.717, 1.165) is 16.3 Å². The molecule has 18 heavy (non-hydrogen) atoms. The highest BCUT2D eigenvalue weighted by molar-refractivity contribution is 7.10. The summed E-state index contributed by atoms with van der Waals surface area (Å²) in [6, 6.07) is 7.48. The van der Waals surface area contributed by atoms with Crippen molar-refractivity contribution >= 4 is 28.9 Å². The number of halogens is 1. The van der Waals surface area contributed by atoms with Gasteiger partial charge in [-0.25, -0.2) is 4.98 Å². The van der Waals surface area contributed by atoms with Gasteiger partial charge in [-0.2, -0.15) is 0 Å². The zero-order valence-electron chi connectivity index (χ0n) is 9.85. The van der Waals surface area contributed by atoms with Gasteiger partial charge in [0.2, 0.25) is 0 Å². The van der Waals surface area contributed by atoms with Crippen molar-refractivity contribution in [3.05, 3.63) is 39.7 Å². The van der Waals surface area contributed by atoms with E-state index in [0.29, 0.717) is 11.6 Å². The van der Waals surface area contributed by atoms with Gasteiger partial charge in [-0.05, 0) is 19.1 Å². The molecule has 0 spiro atoms. The Morgan fingerprint density at radius 3 is 3.06 bits per heavy atom.